The molecular weight excluding hydrogens is 454 g/mol. The third-order valence-electron chi connectivity index (χ3n) is 8.72. The SMILES string of the molecule is Cc1ccc2c(C(=O)N(C)CC3CCC(CN4[C@H]5CC[C@H]4c4ccccc45)CC3)ccc(Cl)c2n1. The molecule has 0 spiro atoms. The number of pyridine rings is 1. The molecule has 0 unspecified atom stereocenters. The molecule has 6 rings (SSSR count). The number of carbonyl (C=O) groups is 1. The number of hydrogen-bond acceptors (Lipinski definition) is 3. The van der Waals surface area contributed by atoms with Crippen LogP contribution < -0.4 is 0 Å². The number of carbonyl (C=O) groups excluding carboxylic acids is 1. The standard InChI is InChI=1S/C30H34ClN3O/c1-19-7-12-24-25(13-14-26(31)29(24)32-19)30(35)33(2)17-20-8-10-21(11-9-20)18-34-27-15-16-28(34)23-6-4-3-5-22(23)27/h3-7,12-14,20-21,27-28H,8-11,15-18H2,1-2H3/t20?,21?,27-,28-/m0/s1. The number of aryl methyl sites for hydroxylation is 1. The highest BCUT2D eigenvalue weighted by molar-refractivity contribution is 6.35. The van der Waals surface area contributed by atoms with E-state index in [1.807, 2.05) is 37.1 Å². The third-order valence-corrected chi connectivity index (χ3v) is 9.02. The van der Waals surface area contributed by atoms with Crippen LogP contribution in [0.2, 0.25) is 5.02 Å². The second-order valence-corrected chi connectivity index (χ2v) is 11.4. The van der Waals surface area contributed by atoms with Crippen molar-refractivity contribution in [3.05, 3.63) is 75.9 Å². The Hall–Kier alpha value is -2.43. The van der Waals surface area contributed by atoms with E-state index in [-0.39, 0.29) is 5.91 Å². The zero-order chi connectivity index (χ0) is 24.1. The van der Waals surface area contributed by atoms with Gasteiger partial charge < -0.3 is 4.90 Å². The van der Waals surface area contributed by atoms with Crippen LogP contribution in [-0.2, 0) is 0 Å². The molecule has 35 heavy (non-hydrogen) atoms. The second kappa shape index (κ2) is 9.22. The first-order chi connectivity index (χ1) is 17.0. The van der Waals surface area contributed by atoms with Gasteiger partial charge in [0.1, 0.15) is 0 Å². The molecular formula is C30H34ClN3O. The van der Waals surface area contributed by atoms with Crippen LogP contribution in [0.5, 0.6) is 0 Å². The van der Waals surface area contributed by atoms with Crippen molar-refractivity contribution in [2.45, 2.75) is 57.5 Å². The molecule has 3 aliphatic rings. The van der Waals surface area contributed by atoms with Gasteiger partial charge in [0.25, 0.3) is 5.91 Å². The molecule has 2 aromatic carbocycles. The van der Waals surface area contributed by atoms with E-state index in [2.05, 4.69) is 34.1 Å². The van der Waals surface area contributed by atoms with Crippen molar-refractivity contribution >= 4 is 28.4 Å². The van der Waals surface area contributed by atoms with Gasteiger partial charge >= 0.3 is 0 Å². The molecule has 1 amide bonds. The van der Waals surface area contributed by atoms with Crippen LogP contribution in [0, 0.1) is 18.8 Å². The Balaban J connectivity index is 1.06. The van der Waals surface area contributed by atoms with E-state index in [1.54, 1.807) is 17.2 Å². The molecule has 3 heterocycles. The minimum absolute atomic E-state index is 0.0610. The molecule has 1 saturated heterocycles. The van der Waals surface area contributed by atoms with Crippen LogP contribution in [0.4, 0.5) is 0 Å². The van der Waals surface area contributed by atoms with Gasteiger partial charge in [-0.25, -0.2) is 0 Å². The summed E-state index contributed by atoms with van der Waals surface area (Å²) in [5, 5.41) is 1.43. The average molecular weight is 488 g/mol. The molecule has 2 fully saturated rings. The van der Waals surface area contributed by atoms with E-state index in [9.17, 15) is 4.79 Å². The molecule has 2 bridgehead atoms. The van der Waals surface area contributed by atoms with Gasteiger partial charge in [-0.15, -0.1) is 0 Å². The van der Waals surface area contributed by atoms with Gasteiger partial charge in [-0.3, -0.25) is 14.7 Å². The molecule has 0 radical (unpaired) electrons. The number of rotatable bonds is 5. The fourth-order valence-electron chi connectivity index (χ4n) is 6.94. The van der Waals surface area contributed by atoms with Crippen LogP contribution in [-0.4, -0.2) is 40.8 Å². The first kappa shape index (κ1) is 23.0. The topological polar surface area (TPSA) is 36.4 Å². The van der Waals surface area contributed by atoms with Gasteiger partial charge in [0.05, 0.1) is 10.5 Å². The Labute approximate surface area is 213 Å². The smallest absolute Gasteiger partial charge is 0.254 e. The Kier molecular flexibility index (Phi) is 6.06. The lowest BCUT2D eigenvalue weighted by Crippen LogP contribution is -2.35. The number of hydrogen-bond donors (Lipinski definition) is 0. The summed E-state index contributed by atoms with van der Waals surface area (Å²) in [6.45, 7) is 3.99. The van der Waals surface area contributed by atoms with Crippen LogP contribution in [0.25, 0.3) is 10.9 Å². The van der Waals surface area contributed by atoms with Gasteiger partial charge in [0.2, 0.25) is 0 Å². The molecule has 4 nitrogen and oxygen atoms in total. The highest BCUT2D eigenvalue weighted by Crippen LogP contribution is 2.53. The molecule has 1 aliphatic carbocycles. The number of nitrogens with zero attached hydrogens (tertiary/aromatic N) is 3. The molecule has 5 heteroatoms. The molecule has 3 aromatic rings. The molecule has 1 aromatic heterocycles. The summed E-state index contributed by atoms with van der Waals surface area (Å²) in [4.78, 5) is 22.6. The van der Waals surface area contributed by atoms with E-state index in [1.165, 1.54) is 45.1 Å². The minimum atomic E-state index is 0.0610. The van der Waals surface area contributed by atoms with Gasteiger partial charge in [0.15, 0.2) is 0 Å². The summed E-state index contributed by atoms with van der Waals surface area (Å²) in [7, 11) is 1.94. The van der Waals surface area contributed by atoms with Crippen molar-refractivity contribution in [2.75, 3.05) is 20.1 Å². The van der Waals surface area contributed by atoms with E-state index in [0.29, 0.717) is 34.1 Å². The fourth-order valence-corrected chi connectivity index (χ4v) is 7.15. The zero-order valence-corrected chi connectivity index (χ0v) is 21.5. The van der Waals surface area contributed by atoms with Crippen molar-refractivity contribution in [1.29, 1.82) is 0 Å². The number of benzene rings is 2. The highest BCUT2D eigenvalue weighted by Gasteiger charge is 2.44. The van der Waals surface area contributed by atoms with E-state index < -0.39 is 0 Å². The lowest BCUT2D eigenvalue weighted by Gasteiger charge is -2.34. The maximum atomic E-state index is 13.4. The summed E-state index contributed by atoms with van der Waals surface area (Å²) in [6, 6.07) is 17.9. The zero-order valence-electron chi connectivity index (χ0n) is 20.7. The van der Waals surface area contributed by atoms with Crippen molar-refractivity contribution in [3.8, 4) is 0 Å². The van der Waals surface area contributed by atoms with Crippen molar-refractivity contribution in [3.63, 3.8) is 0 Å². The predicted molar refractivity (Wildman–Crippen MR) is 142 cm³/mol. The molecule has 0 N–H and O–H groups in total. The quantitative estimate of drug-likeness (QED) is 0.390. The predicted octanol–water partition coefficient (Wildman–Crippen LogP) is 6.97. The Morgan fingerprint density at radius 3 is 2.29 bits per heavy atom. The Bertz CT molecular complexity index is 1230. The molecule has 2 aliphatic heterocycles. The normalized spacial score (nSPS) is 25.7. The second-order valence-electron chi connectivity index (χ2n) is 11.0. The summed E-state index contributed by atoms with van der Waals surface area (Å²) in [5.74, 6) is 1.41. The number of halogens is 1. The maximum Gasteiger partial charge on any atom is 0.254 e. The Morgan fingerprint density at radius 2 is 1.60 bits per heavy atom. The van der Waals surface area contributed by atoms with Gasteiger partial charge in [-0.2, -0.15) is 0 Å². The fraction of sp³-hybridized carbons (Fsp3) is 0.467. The summed E-state index contributed by atoms with van der Waals surface area (Å²) < 4.78 is 0. The summed E-state index contributed by atoms with van der Waals surface area (Å²) in [6.07, 6.45) is 7.59. The van der Waals surface area contributed by atoms with Gasteiger partial charge in [-0.05, 0) is 86.6 Å². The monoisotopic (exact) mass is 487 g/mol. The summed E-state index contributed by atoms with van der Waals surface area (Å²) >= 11 is 6.37. The maximum absolute atomic E-state index is 13.4. The highest BCUT2D eigenvalue weighted by atomic mass is 35.5. The van der Waals surface area contributed by atoms with Gasteiger partial charge in [-0.1, -0.05) is 41.9 Å². The van der Waals surface area contributed by atoms with Crippen LogP contribution in [0.3, 0.4) is 0 Å². The van der Waals surface area contributed by atoms with Crippen LogP contribution >= 0.6 is 11.6 Å². The van der Waals surface area contributed by atoms with Crippen molar-refractivity contribution in [1.82, 2.24) is 14.8 Å². The summed E-state index contributed by atoms with van der Waals surface area (Å²) in [5.41, 5.74) is 5.47. The van der Waals surface area contributed by atoms with Gasteiger partial charge in [0, 0.05) is 48.9 Å². The largest absolute Gasteiger partial charge is 0.341 e. The minimum Gasteiger partial charge on any atom is -0.341 e. The van der Waals surface area contributed by atoms with Crippen LogP contribution in [0.1, 0.15) is 77.8 Å². The number of fused-ring (bicyclic) bond motifs is 6. The first-order valence-corrected chi connectivity index (χ1v) is 13.5. The van der Waals surface area contributed by atoms with E-state index >= 15 is 0 Å². The lowest BCUT2D eigenvalue weighted by molar-refractivity contribution is 0.0745. The molecule has 182 valence electrons. The van der Waals surface area contributed by atoms with E-state index in [4.69, 9.17) is 11.6 Å². The lowest BCUT2D eigenvalue weighted by atomic mass is 9.81. The average Bonchev–Trinajstić information content (AvgIpc) is 3.41. The molecule has 1 saturated carbocycles. The van der Waals surface area contributed by atoms with Crippen molar-refractivity contribution < 1.29 is 4.79 Å². The van der Waals surface area contributed by atoms with E-state index in [0.717, 1.165) is 23.5 Å². The third kappa shape index (κ3) is 4.15. The number of aromatic nitrogens is 1. The first-order valence-electron chi connectivity index (χ1n) is 13.2. The number of amides is 1. The Morgan fingerprint density at radius 1 is 0.943 bits per heavy atom. The molecule has 2 atom stereocenters. The van der Waals surface area contributed by atoms with Crippen LogP contribution in [0.15, 0.2) is 48.5 Å². The van der Waals surface area contributed by atoms with Crippen molar-refractivity contribution in [2.24, 2.45) is 11.8 Å².